The van der Waals surface area contributed by atoms with Crippen molar-refractivity contribution in [1.29, 1.82) is 0 Å². The van der Waals surface area contributed by atoms with Gasteiger partial charge in [0.25, 0.3) is 10.2 Å². The van der Waals surface area contributed by atoms with Gasteiger partial charge in [-0.15, -0.1) is 11.3 Å². The van der Waals surface area contributed by atoms with E-state index in [0.29, 0.717) is 6.54 Å². The molecule has 0 unspecified atom stereocenters. The van der Waals surface area contributed by atoms with E-state index in [1.807, 2.05) is 43.5 Å². The number of nitrogens with zero attached hydrogens (tertiary/aromatic N) is 1. The van der Waals surface area contributed by atoms with Crippen molar-refractivity contribution in [3.05, 3.63) is 35.2 Å². The molecule has 0 bridgehead atoms. The van der Waals surface area contributed by atoms with Gasteiger partial charge in [-0.2, -0.15) is 17.4 Å². The third kappa shape index (κ3) is 3.33. The molecule has 1 aromatic carbocycles. The molecule has 1 aromatic heterocycles. The van der Waals surface area contributed by atoms with E-state index in [1.165, 1.54) is 9.01 Å². The monoisotopic (exact) mass is 298 g/mol. The second kappa shape index (κ2) is 5.58. The Morgan fingerprint density at radius 1 is 1.32 bits per heavy atom. The molecule has 0 aliphatic carbocycles. The maximum Gasteiger partial charge on any atom is 0.279 e. The van der Waals surface area contributed by atoms with Crippen molar-refractivity contribution >= 4 is 31.6 Å². The molecule has 1 N–H and O–H groups in total. The maximum atomic E-state index is 12.0. The fraction of sp³-hybridized carbons (Fsp3) is 0.385. The number of thiophene rings is 1. The van der Waals surface area contributed by atoms with E-state index < -0.39 is 10.2 Å². The number of benzene rings is 1. The minimum Gasteiger partial charge on any atom is -0.198 e. The van der Waals surface area contributed by atoms with Gasteiger partial charge in [0.05, 0.1) is 0 Å². The van der Waals surface area contributed by atoms with E-state index in [4.69, 9.17) is 0 Å². The van der Waals surface area contributed by atoms with Crippen LogP contribution < -0.4 is 4.72 Å². The Bertz CT molecular complexity index is 662. The van der Waals surface area contributed by atoms with Crippen LogP contribution in [0.3, 0.4) is 0 Å². The van der Waals surface area contributed by atoms with Crippen LogP contribution >= 0.6 is 11.3 Å². The summed E-state index contributed by atoms with van der Waals surface area (Å²) in [6.45, 7) is 4.00. The minimum atomic E-state index is -3.41. The van der Waals surface area contributed by atoms with Gasteiger partial charge in [-0.1, -0.05) is 6.07 Å². The molecule has 0 fully saturated rings. The number of nitrogens with one attached hydrogen (secondary N) is 1. The lowest BCUT2D eigenvalue weighted by atomic mass is 10.2. The molecule has 6 heteroatoms. The summed E-state index contributed by atoms with van der Waals surface area (Å²) in [6.07, 6.45) is 0. The zero-order valence-corrected chi connectivity index (χ0v) is 12.9. The van der Waals surface area contributed by atoms with Crippen molar-refractivity contribution in [1.82, 2.24) is 9.03 Å². The summed E-state index contributed by atoms with van der Waals surface area (Å²) in [5.74, 6) is 0. The van der Waals surface area contributed by atoms with Gasteiger partial charge in [0, 0.05) is 24.3 Å². The molecule has 0 aliphatic rings. The summed E-state index contributed by atoms with van der Waals surface area (Å²) in [5, 5.41) is 3.18. The van der Waals surface area contributed by atoms with E-state index in [0.717, 1.165) is 10.9 Å². The van der Waals surface area contributed by atoms with Gasteiger partial charge in [0.15, 0.2) is 0 Å². The smallest absolute Gasteiger partial charge is 0.198 e. The van der Waals surface area contributed by atoms with E-state index in [9.17, 15) is 8.42 Å². The molecule has 0 aliphatic heterocycles. The second-order valence-corrected chi connectivity index (χ2v) is 7.49. The quantitative estimate of drug-likeness (QED) is 0.922. The second-order valence-electron chi connectivity index (χ2n) is 4.73. The number of rotatable bonds is 5. The third-order valence-corrected chi connectivity index (χ3v) is 5.67. The first-order valence-electron chi connectivity index (χ1n) is 6.09. The summed E-state index contributed by atoms with van der Waals surface area (Å²) in [7, 11) is -1.83. The zero-order valence-electron chi connectivity index (χ0n) is 11.3. The average Bonchev–Trinajstić information content (AvgIpc) is 2.82. The molecule has 2 rings (SSSR count). The minimum absolute atomic E-state index is 0.0585. The molecule has 0 spiro atoms. The van der Waals surface area contributed by atoms with Gasteiger partial charge in [-0.25, -0.2) is 0 Å². The molecule has 1 heterocycles. The first-order valence-corrected chi connectivity index (χ1v) is 8.41. The van der Waals surface area contributed by atoms with E-state index >= 15 is 0 Å². The molecular weight excluding hydrogens is 280 g/mol. The molecule has 0 saturated carbocycles. The van der Waals surface area contributed by atoms with E-state index in [2.05, 4.69) is 4.72 Å². The lowest BCUT2D eigenvalue weighted by Gasteiger charge is -2.21. The number of hydrogen-bond acceptors (Lipinski definition) is 3. The molecular formula is C13H18N2O2S2. The fourth-order valence-corrected chi connectivity index (χ4v) is 3.56. The Labute approximate surface area is 118 Å². The van der Waals surface area contributed by atoms with Crippen LogP contribution in [0.4, 0.5) is 0 Å². The lowest BCUT2D eigenvalue weighted by Crippen LogP contribution is -2.41. The summed E-state index contributed by atoms with van der Waals surface area (Å²) < 4.78 is 29.1. The van der Waals surface area contributed by atoms with Gasteiger partial charge in [-0.05, 0) is 48.4 Å². The van der Waals surface area contributed by atoms with Crippen LogP contribution in [0.1, 0.15) is 19.4 Å². The molecule has 0 saturated heterocycles. The molecule has 0 radical (unpaired) electrons. The van der Waals surface area contributed by atoms with Gasteiger partial charge in [0.2, 0.25) is 0 Å². The van der Waals surface area contributed by atoms with Crippen LogP contribution in [0.5, 0.6) is 0 Å². The SMILES string of the molecule is CC(C)N(C)S(=O)(=O)NCc1ccc2sccc2c1. The van der Waals surface area contributed by atoms with Crippen molar-refractivity contribution in [2.45, 2.75) is 26.4 Å². The largest absolute Gasteiger partial charge is 0.279 e. The first-order chi connectivity index (χ1) is 8.90. The molecule has 2 aromatic rings. The Balaban J connectivity index is 2.09. The summed E-state index contributed by atoms with van der Waals surface area (Å²) in [5.41, 5.74) is 0.964. The predicted octanol–water partition coefficient (Wildman–Crippen LogP) is 2.58. The molecule has 19 heavy (non-hydrogen) atoms. The Morgan fingerprint density at radius 2 is 2.05 bits per heavy atom. The van der Waals surface area contributed by atoms with Crippen LogP contribution in [0.15, 0.2) is 29.6 Å². The maximum absolute atomic E-state index is 12.0. The first kappa shape index (κ1) is 14.5. The Kier molecular flexibility index (Phi) is 4.25. The normalized spacial score (nSPS) is 12.7. The molecule has 104 valence electrons. The van der Waals surface area contributed by atoms with Crippen molar-refractivity contribution in [2.24, 2.45) is 0 Å². The highest BCUT2D eigenvalue weighted by molar-refractivity contribution is 7.87. The fourth-order valence-electron chi connectivity index (χ4n) is 1.68. The van der Waals surface area contributed by atoms with Crippen LogP contribution in [-0.4, -0.2) is 25.8 Å². The molecule has 0 amide bonds. The predicted molar refractivity (Wildman–Crippen MR) is 80.5 cm³/mol. The lowest BCUT2D eigenvalue weighted by molar-refractivity contribution is 0.402. The van der Waals surface area contributed by atoms with Crippen molar-refractivity contribution in [2.75, 3.05) is 7.05 Å². The van der Waals surface area contributed by atoms with E-state index in [1.54, 1.807) is 18.4 Å². The summed E-state index contributed by atoms with van der Waals surface area (Å²) in [4.78, 5) is 0. The third-order valence-electron chi connectivity index (χ3n) is 3.08. The highest BCUT2D eigenvalue weighted by Crippen LogP contribution is 2.21. The highest BCUT2D eigenvalue weighted by Gasteiger charge is 2.19. The van der Waals surface area contributed by atoms with E-state index in [-0.39, 0.29) is 6.04 Å². The van der Waals surface area contributed by atoms with Crippen molar-refractivity contribution < 1.29 is 8.42 Å². The Morgan fingerprint density at radius 3 is 2.74 bits per heavy atom. The zero-order chi connectivity index (χ0) is 14.0. The Hall–Kier alpha value is -0.950. The molecule has 4 nitrogen and oxygen atoms in total. The highest BCUT2D eigenvalue weighted by atomic mass is 32.2. The van der Waals surface area contributed by atoms with Crippen molar-refractivity contribution in [3.63, 3.8) is 0 Å². The summed E-state index contributed by atoms with van der Waals surface area (Å²) in [6, 6.07) is 7.98. The number of hydrogen-bond donors (Lipinski definition) is 1. The molecule has 0 atom stereocenters. The summed E-state index contributed by atoms with van der Waals surface area (Å²) >= 11 is 1.68. The van der Waals surface area contributed by atoms with Crippen LogP contribution in [0, 0.1) is 0 Å². The van der Waals surface area contributed by atoms with Gasteiger partial charge in [0.1, 0.15) is 0 Å². The van der Waals surface area contributed by atoms with Gasteiger partial charge < -0.3 is 0 Å². The topological polar surface area (TPSA) is 49.4 Å². The average molecular weight is 298 g/mol. The van der Waals surface area contributed by atoms with Gasteiger partial charge in [-0.3, -0.25) is 0 Å². The van der Waals surface area contributed by atoms with Crippen molar-refractivity contribution in [3.8, 4) is 0 Å². The van der Waals surface area contributed by atoms with Crippen LogP contribution in [0.25, 0.3) is 10.1 Å². The standard InChI is InChI=1S/C13H18N2O2S2/c1-10(2)15(3)19(16,17)14-9-11-4-5-13-12(8-11)6-7-18-13/h4-8,10,14H,9H2,1-3H3. The number of fused-ring (bicyclic) bond motifs is 1. The van der Waals surface area contributed by atoms with Gasteiger partial charge >= 0.3 is 0 Å². The van der Waals surface area contributed by atoms with Crippen LogP contribution in [0.2, 0.25) is 0 Å². The van der Waals surface area contributed by atoms with Crippen LogP contribution in [-0.2, 0) is 16.8 Å².